The minimum atomic E-state index is 1.25. The van der Waals surface area contributed by atoms with E-state index in [0.29, 0.717) is 0 Å². The lowest BCUT2D eigenvalue weighted by atomic mass is 9.85. The SMILES string of the molecule is c1ccc(-c2c3ccccc3c(-c3cc4sc5ccccc5c4c4c3sc3cc5ccccc5cc34)c3ccccc23)cc1. The fourth-order valence-corrected chi connectivity index (χ4v) is 9.78. The second-order valence-electron chi connectivity index (χ2n) is 11.6. The van der Waals surface area contributed by atoms with Gasteiger partial charge in [0.2, 0.25) is 0 Å². The van der Waals surface area contributed by atoms with Gasteiger partial charge in [-0.25, -0.2) is 0 Å². The third-order valence-electron chi connectivity index (χ3n) is 9.21. The molecule has 0 bridgehead atoms. The second kappa shape index (κ2) is 9.24. The number of benzene rings is 8. The molecule has 8 aromatic carbocycles. The molecule has 0 N–H and O–H groups in total. The molecule has 0 radical (unpaired) electrons. The van der Waals surface area contributed by atoms with Crippen molar-refractivity contribution in [2.24, 2.45) is 0 Å². The van der Waals surface area contributed by atoms with Crippen LogP contribution in [0.1, 0.15) is 0 Å². The maximum absolute atomic E-state index is 2.49. The Kier molecular flexibility index (Phi) is 5.13. The average Bonchev–Trinajstić information content (AvgIpc) is 3.64. The highest BCUT2D eigenvalue weighted by molar-refractivity contribution is 7.28. The predicted molar refractivity (Wildman–Crippen MR) is 196 cm³/mol. The van der Waals surface area contributed by atoms with Crippen LogP contribution in [0.15, 0.2) is 146 Å². The maximum atomic E-state index is 2.49. The van der Waals surface area contributed by atoms with Crippen LogP contribution in [0.2, 0.25) is 0 Å². The van der Waals surface area contributed by atoms with Crippen molar-refractivity contribution < 1.29 is 0 Å². The van der Waals surface area contributed by atoms with Gasteiger partial charge in [0.25, 0.3) is 0 Å². The van der Waals surface area contributed by atoms with Crippen molar-refractivity contribution in [3.8, 4) is 22.3 Å². The van der Waals surface area contributed by atoms with Gasteiger partial charge in [-0.05, 0) is 73.3 Å². The van der Waals surface area contributed by atoms with Gasteiger partial charge in [-0.3, -0.25) is 0 Å². The van der Waals surface area contributed by atoms with Gasteiger partial charge in [-0.1, -0.05) is 121 Å². The first-order valence-electron chi connectivity index (χ1n) is 15.0. The molecular weight excluding hydrogens is 569 g/mol. The molecule has 10 rings (SSSR count). The molecule has 2 heterocycles. The topological polar surface area (TPSA) is 0 Å². The molecule has 204 valence electrons. The maximum Gasteiger partial charge on any atom is 0.0441 e. The van der Waals surface area contributed by atoms with E-state index >= 15 is 0 Å². The fraction of sp³-hybridized carbons (Fsp3) is 0. The molecule has 10 aromatic rings. The lowest BCUT2D eigenvalue weighted by Crippen LogP contribution is -1.91. The summed E-state index contributed by atoms with van der Waals surface area (Å²) in [7, 11) is 0. The minimum Gasteiger partial charge on any atom is -0.135 e. The standard InChI is InChI=1S/C42H24S2/c1-2-12-25(13-3-1)38-28-16-6-8-18-30(28)39(31-19-9-7-17-29(31)38)34-24-37-40(32-20-10-11-21-35(32)43-37)41-33-22-26-14-4-5-15-27(26)23-36(33)44-42(34)41/h1-24H. The van der Waals surface area contributed by atoms with Crippen LogP contribution in [0.5, 0.6) is 0 Å². The largest absolute Gasteiger partial charge is 0.135 e. The van der Waals surface area contributed by atoms with Crippen LogP contribution in [-0.4, -0.2) is 0 Å². The summed E-state index contributed by atoms with van der Waals surface area (Å²) in [6.45, 7) is 0. The van der Waals surface area contributed by atoms with E-state index in [1.54, 1.807) is 0 Å². The quantitative estimate of drug-likeness (QED) is 0.175. The Balaban J connectivity index is 1.45. The first kappa shape index (κ1) is 24.4. The number of rotatable bonds is 2. The minimum absolute atomic E-state index is 1.25. The summed E-state index contributed by atoms with van der Waals surface area (Å²) < 4.78 is 5.41. The molecular formula is C42H24S2. The van der Waals surface area contributed by atoms with E-state index in [9.17, 15) is 0 Å². The normalized spacial score (nSPS) is 12.1. The highest BCUT2D eigenvalue weighted by atomic mass is 32.1. The van der Waals surface area contributed by atoms with Gasteiger partial charge in [0.15, 0.2) is 0 Å². The molecule has 0 aliphatic heterocycles. The molecule has 0 saturated heterocycles. The molecule has 0 saturated carbocycles. The summed E-state index contributed by atoms with van der Waals surface area (Å²) in [5.74, 6) is 0. The van der Waals surface area contributed by atoms with Crippen molar-refractivity contribution >= 4 is 95.3 Å². The van der Waals surface area contributed by atoms with E-state index in [1.165, 1.54) is 94.9 Å². The Hall–Kier alpha value is -5.02. The Morgan fingerprint density at radius 1 is 0.341 bits per heavy atom. The summed E-state index contributed by atoms with van der Waals surface area (Å²) >= 11 is 3.86. The summed E-state index contributed by atoms with van der Waals surface area (Å²) in [5.41, 5.74) is 5.22. The number of hydrogen-bond donors (Lipinski definition) is 0. The van der Waals surface area contributed by atoms with Gasteiger partial charge in [-0.15, -0.1) is 22.7 Å². The third kappa shape index (κ3) is 3.38. The molecule has 2 aromatic heterocycles. The molecule has 0 atom stereocenters. The molecule has 44 heavy (non-hydrogen) atoms. The molecule has 0 aliphatic carbocycles. The van der Waals surface area contributed by atoms with Crippen LogP contribution in [0.3, 0.4) is 0 Å². The highest BCUT2D eigenvalue weighted by Gasteiger charge is 2.22. The Morgan fingerprint density at radius 3 is 1.61 bits per heavy atom. The van der Waals surface area contributed by atoms with Gasteiger partial charge in [-0.2, -0.15) is 0 Å². The van der Waals surface area contributed by atoms with Gasteiger partial charge < -0.3 is 0 Å². The Bertz CT molecular complexity index is 2700. The van der Waals surface area contributed by atoms with Crippen LogP contribution in [0.25, 0.3) is 94.9 Å². The molecule has 0 amide bonds. The summed E-state index contributed by atoms with van der Waals surface area (Å²) in [6, 6.07) is 53.9. The van der Waals surface area contributed by atoms with Crippen molar-refractivity contribution in [2.75, 3.05) is 0 Å². The monoisotopic (exact) mass is 592 g/mol. The van der Waals surface area contributed by atoms with Crippen molar-refractivity contribution in [3.63, 3.8) is 0 Å². The molecule has 0 spiro atoms. The molecule has 2 heteroatoms. The van der Waals surface area contributed by atoms with Crippen molar-refractivity contribution in [3.05, 3.63) is 146 Å². The summed E-state index contributed by atoms with van der Waals surface area (Å²) in [6.07, 6.45) is 0. The van der Waals surface area contributed by atoms with Gasteiger partial charge in [0, 0.05) is 45.9 Å². The Morgan fingerprint density at radius 2 is 0.909 bits per heavy atom. The number of hydrogen-bond acceptors (Lipinski definition) is 2. The fourth-order valence-electron chi connectivity index (χ4n) is 7.36. The zero-order valence-electron chi connectivity index (χ0n) is 23.7. The van der Waals surface area contributed by atoms with E-state index in [1.807, 2.05) is 22.7 Å². The molecule has 0 nitrogen and oxygen atoms in total. The van der Waals surface area contributed by atoms with Crippen LogP contribution >= 0.6 is 22.7 Å². The van der Waals surface area contributed by atoms with Gasteiger partial charge >= 0.3 is 0 Å². The zero-order valence-corrected chi connectivity index (χ0v) is 25.3. The van der Waals surface area contributed by atoms with E-state index in [2.05, 4.69) is 146 Å². The van der Waals surface area contributed by atoms with Gasteiger partial charge in [0.1, 0.15) is 0 Å². The predicted octanol–water partition coefficient (Wildman–Crippen LogP) is 13.2. The van der Waals surface area contributed by atoms with Crippen molar-refractivity contribution in [2.45, 2.75) is 0 Å². The lowest BCUT2D eigenvalue weighted by Gasteiger charge is -2.18. The summed E-state index contributed by atoms with van der Waals surface area (Å²) in [4.78, 5) is 0. The van der Waals surface area contributed by atoms with Gasteiger partial charge in [0.05, 0.1) is 0 Å². The number of fused-ring (bicyclic) bond motifs is 10. The van der Waals surface area contributed by atoms with E-state index in [-0.39, 0.29) is 0 Å². The highest BCUT2D eigenvalue weighted by Crippen LogP contribution is 2.52. The number of thiophene rings is 2. The van der Waals surface area contributed by atoms with Crippen LogP contribution in [-0.2, 0) is 0 Å². The zero-order chi connectivity index (χ0) is 28.8. The van der Waals surface area contributed by atoms with Crippen LogP contribution < -0.4 is 0 Å². The average molecular weight is 593 g/mol. The van der Waals surface area contributed by atoms with E-state index in [0.717, 1.165) is 0 Å². The Labute approximate surface area is 262 Å². The van der Waals surface area contributed by atoms with E-state index < -0.39 is 0 Å². The van der Waals surface area contributed by atoms with Crippen molar-refractivity contribution in [1.82, 2.24) is 0 Å². The molecule has 0 unspecified atom stereocenters. The lowest BCUT2D eigenvalue weighted by molar-refractivity contribution is 1.67. The second-order valence-corrected chi connectivity index (χ2v) is 13.7. The van der Waals surface area contributed by atoms with Crippen LogP contribution in [0.4, 0.5) is 0 Å². The molecule has 0 fully saturated rings. The van der Waals surface area contributed by atoms with Crippen molar-refractivity contribution in [1.29, 1.82) is 0 Å². The molecule has 0 aliphatic rings. The smallest absolute Gasteiger partial charge is 0.0441 e. The third-order valence-corrected chi connectivity index (χ3v) is 11.5. The first-order valence-corrected chi connectivity index (χ1v) is 16.7. The van der Waals surface area contributed by atoms with E-state index in [4.69, 9.17) is 0 Å². The van der Waals surface area contributed by atoms with Crippen LogP contribution in [0, 0.1) is 0 Å². The summed E-state index contributed by atoms with van der Waals surface area (Å²) in [5, 5.41) is 13.3. The first-order chi connectivity index (χ1) is 21.8.